The molecule has 1 aliphatic rings. The first-order valence-corrected chi connectivity index (χ1v) is 5.38. The largest absolute Gasteiger partial charge is 0.352 e. The van der Waals surface area contributed by atoms with Gasteiger partial charge in [-0.15, -0.1) is 0 Å². The maximum atomic E-state index is 10.5. The van der Waals surface area contributed by atoms with E-state index in [1.165, 1.54) is 0 Å². The van der Waals surface area contributed by atoms with Crippen molar-refractivity contribution in [3.8, 4) is 0 Å². The van der Waals surface area contributed by atoms with Crippen LogP contribution in [0.25, 0.3) is 0 Å². The molecule has 0 fully saturated rings. The molecular weight excluding hydrogens is 204 g/mol. The third-order valence-electron chi connectivity index (χ3n) is 2.99. The summed E-state index contributed by atoms with van der Waals surface area (Å²) < 4.78 is 0. The predicted octanol–water partition coefficient (Wildman–Crippen LogP) is 1.38. The smallest absolute Gasteiger partial charge is 0.211 e. The van der Waals surface area contributed by atoms with Gasteiger partial charge in [-0.05, 0) is 36.5 Å². The first-order valence-electron chi connectivity index (χ1n) is 5.38. The van der Waals surface area contributed by atoms with E-state index in [2.05, 4.69) is 10.6 Å². The average Bonchev–Trinajstić information content (AvgIpc) is 2.31. The molecule has 0 bridgehead atoms. The lowest BCUT2D eigenvalue weighted by Crippen LogP contribution is -2.24. The summed E-state index contributed by atoms with van der Waals surface area (Å²) in [6.45, 7) is 0. The van der Waals surface area contributed by atoms with Crippen LogP contribution in [0.1, 0.15) is 30.0 Å². The van der Waals surface area contributed by atoms with Gasteiger partial charge < -0.3 is 10.6 Å². The minimum Gasteiger partial charge on any atom is -0.352 e. The van der Waals surface area contributed by atoms with Gasteiger partial charge in [0.15, 0.2) is 0 Å². The molecule has 0 spiro atoms. The van der Waals surface area contributed by atoms with E-state index in [-0.39, 0.29) is 6.04 Å². The van der Waals surface area contributed by atoms with Crippen molar-refractivity contribution in [2.45, 2.75) is 25.3 Å². The lowest BCUT2D eigenvalue weighted by molar-refractivity contribution is -0.110. The molecular formula is C12H14N2O2. The Labute approximate surface area is 94.0 Å². The summed E-state index contributed by atoms with van der Waals surface area (Å²) in [4.78, 5) is 21.0. The number of rotatable bonds is 4. The van der Waals surface area contributed by atoms with Gasteiger partial charge >= 0.3 is 0 Å². The summed E-state index contributed by atoms with van der Waals surface area (Å²) in [5, 5.41) is 5.51. The van der Waals surface area contributed by atoms with Crippen LogP contribution in [0.15, 0.2) is 18.2 Å². The zero-order valence-electron chi connectivity index (χ0n) is 8.90. The summed E-state index contributed by atoms with van der Waals surface area (Å²) in [6.07, 6.45) is 4.35. The Morgan fingerprint density at radius 2 is 2.12 bits per heavy atom. The van der Waals surface area contributed by atoms with Crippen LogP contribution in [0.3, 0.4) is 0 Å². The number of anilines is 1. The fourth-order valence-corrected chi connectivity index (χ4v) is 2.30. The average molecular weight is 218 g/mol. The summed E-state index contributed by atoms with van der Waals surface area (Å²) in [5.41, 5.74) is 3.11. The third-order valence-corrected chi connectivity index (χ3v) is 2.99. The van der Waals surface area contributed by atoms with E-state index in [9.17, 15) is 9.59 Å². The molecule has 1 atom stereocenters. The van der Waals surface area contributed by atoms with E-state index >= 15 is 0 Å². The van der Waals surface area contributed by atoms with Crippen molar-refractivity contribution in [1.29, 1.82) is 0 Å². The second-order valence-corrected chi connectivity index (χ2v) is 3.86. The first-order chi connectivity index (χ1) is 7.86. The van der Waals surface area contributed by atoms with Crippen molar-refractivity contribution in [3.63, 3.8) is 0 Å². The summed E-state index contributed by atoms with van der Waals surface area (Å²) in [7, 11) is 0. The Kier molecular flexibility index (Phi) is 3.19. The van der Waals surface area contributed by atoms with Crippen LogP contribution in [-0.4, -0.2) is 12.8 Å². The monoisotopic (exact) mass is 218 g/mol. The molecule has 0 aromatic heterocycles. The molecule has 16 heavy (non-hydrogen) atoms. The Morgan fingerprint density at radius 3 is 2.88 bits per heavy atom. The third kappa shape index (κ3) is 1.91. The minimum atomic E-state index is 0.0784. The molecule has 0 saturated heterocycles. The highest BCUT2D eigenvalue weighted by Gasteiger charge is 2.21. The summed E-state index contributed by atoms with van der Waals surface area (Å²) in [6, 6.07) is 5.87. The topological polar surface area (TPSA) is 58.2 Å². The molecule has 0 radical (unpaired) electrons. The SMILES string of the molecule is O=CNc1cccc2c1CCCC2NC=O. The number of carbonyl (C=O) groups is 2. The molecule has 2 amide bonds. The quantitative estimate of drug-likeness (QED) is 0.750. The number of carbonyl (C=O) groups excluding carboxylic acids is 2. The molecule has 4 heteroatoms. The van der Waals surface area contributed by atoms with Crippen molar-refractivity contribution in [3.05, 3.63) is 29.3 Å². The van der Waals surface area contributed by atoms with Gasteiger partial charge in [0.25, 0.3) is 0 Å². The van der Waals surface area contributed by atoms with Gasteiger partial charge in [-0.2, -0.15) is 0 Å². The fourth-order valence-electron chi connectivity index (χ4n) is 2.30. The molecule has 1 aliphatic carbocycles. The molecule has 2 N–H and O–H groups in total. The molecule has 0 heterocycles. The first kappa shape index (κ1) is 10.7. The van der Waals surface area contributed by atoms with Gasteiger partial charge in [0.1, 0.15) is 0 Å². The zero-order chi connectivity index (χ0) is 11.4. The number of amides is 2. The molecule has 1 unspecified atom stereocenters. The number of hydrogen-bond donors (Lipinski definition) is 2. The lowest BCUT2D eigenvalue weighted by Gasteiger charge is -2.26. The Hall–Kier alpha value is -1.84. The van der Waals surface area contributed by atoms with Crippen molar-refractivity contribution < 1.29 is 9.59 Å². The highest BCUT2D eigenvalue weighted by atomic mass is 16.1. The van der Waals surface area contributed by atoms with Crippen LogP contribution in [-0.2, 0) is 16.0 Å². The second-order valence-electron chi connectivity index (χ2n) is 3.86. The summed E-state index contributed by atoms with van der Waals surface area (Å²) in [5.74, 6) is 0. The van der Waals surface area contributed by atoms with Gasteiger partial charge in [-0.1, -0.05) is 12.1 Å². The maximum Gasteiger partial charge on any atom is 0.211 e. The Bertz CT molecular complexity index is 404. The number of benzene rings is 1. The fraction of sp³-hybridized carbons (Fsp3) is 0.333. The molecule has 4 nitrogen and oxygen atoms in total. The van der Waals surface area contributed by atoms with E-state index in [0.717, 1.165) is 42.5 Å². The lowest BCUT2D eigenvalue weighted by atomic mass is 9.86. The maximum absolute atomic E-state index is 10.5. The van der Waals surface area contributed by atoms with Gasteiger partial charge in [0.05, 0.1) is 6.04 Å². The van der Waals surface area contributed by atoms with Crippen molar-refractivity contribution in [2.75, 3.05) is 5.32 Å². The molecule has 0 saturated carbocycles. The standard InChI is InChI=1S/C12H14N2O2/c15-7-13-11-5-1-3-9-10(11)4-2-6-12(9)14-8-16/h1,3,5,7-8,12H,2,4,6H2,(H,13,15)(H,14,16). The highest BCUT2D eigenvalue weighted by Crippen LogP contribution is 2.33. The number of hydrogen-bond acceptors (Lipinski definition) is 2. The van der Waals surface area contributed by atoms with Crippen molar-refractivity contribution >= 4 is 18.5 Å². The minimum absolute atomic E-state index is 0.0784. The Morgan fingerprint density at radius 1 is 1.25 bits per heavy atom. The zero-order valence-corrected chi connectivity index (χ0v) is 8.90. The Balaban J connectivity index is 2.37. The highest BCUT2D eigenvalue weighted by molar-refractivity contribution is 5.74. The number of nitrogens with one attached hydrogen (secondary N) is 2. The predicted molar refractivity (Wildman–Crippen MR) is 61.0 cm³/mol. The van der Waals surface area contributed by atoms with Crippen molar-refractivity contribution in [2.24, 2.45) is 0 Å². The summed E-state index contributed by atoms with van der Waals surface area (Å²) >= 11 is 0. The van der Waals surface area contributed by atoms with Crippen LogP contribution in [0, 0.1) is 0 Å². The van der Waals surface area contributed by atoms with Gasteiger partial charge in [0.2, 0.25) is 12.8 Å². The van der Waals surface area contributed by atoms with Gasteiger partial charge in [-0.3, -0.25) is 9.59 Å². The van der Waals surface area contributed by atoms with E-state index in [1.54, 1.807) is 0 Å². The van der Waals surface area contributed by atoms with Crippen molar-refractivity contribution in [1.82, 2.24) is 5.32 Å². The van der Waals surface area contributed by atoms with Crippen LogP contribution in [0.2, 0.25) is 0 Å². The molecule has 84 valence electrons. The molecule has 1 aromatic carbocycles. The van der Waals surface area contributed by atoms with E-state index in [0.29, 0.717) is 6.41 Å². The van der Waals surface area contributed by atoms with Crippen LogP contribution in [0.4, 0.5) is 5.69 Å². The second kappa shape index (κ2) is 4.79. The molecule has 2 rings (SSSR count). The molecule has 0 aliphatic heterocycles. The van der Waals surface area contributed by atoms with Crippen LogP contribution >= 0.6 is 0 Å². The van der Waals surface area contributed by atoms with Gasteiger partial charge in [-0.25, -0.2) is 0 Å². The normalized spacial score (nSPS) is 18.4. The number of fused-ring (bicyclic) bond motifs is 1. The van der Waals surface area contributed by atoms with Crippen LogP contribution in [0.5, 0.6) is 0 Å². The van der Waals surface area contributed by atoms with E-state index in [4.69, 9.17) is 0 Å². The molecule has 1 aromatic rings. The van der Waals surface area contributed by atoms with E-state index < -0.39 is 0 Å². The van der Waals surface area contributed by atoms with Gasteiger partial charge in [0, 0.05) is 5.69 Å². The van der Waals surface area contributed by atoms with E-state index in [1.807, 2.05) is 18.2 Å². The van der Waals surface area contributed by atoms with Crippen LogP contribution < -0.4 is 10.6 Å².